The first-order valence-electron chi connectivity index (χ1n) is 6.87. The van der Waals surface area contributed by atoms with Crippen molar-refractivity contribution in [3.8, 4) is 0 Å². The van der Waals surface area contributed by atoms with Crippen molar-refractivity contribution in [2.24, 2.45) is 0 Å². The summed E-state index contributed by atoms with van der Waals surface area (Å²) in [4.78, 5) is 17.1. The van der Waals surface area contributed by atoms with Gasteiger partial charge in [-0.25, -0.2) is 0 Å². The van der Waals surface area contributed by atoms with Gasteiger partial charge in [0, 0.05) is 32.8 Å². The van der Waals surface area contributed by atoms with Gasteiger partial charge < -0.3 is 20.6 Å². The van der Waals surface area contributed by atoms with E-state index < -0.39 is 0 Å². The second kappa shape index (κ2) is 6.51. The van der Waals surface area contributed by atoms with Gasteiger partial charge in [0.15, 0.2) is 0 Å². The van der Waals surface area contributed by atoms with Gasteiger partial charge in [0.25, 0.3) is 0 Å². The summed E-state index contributed by atoms with van der Waals surface area (Å²) < 4.78 is 0. The van der Waals surface area contributed by atoms with Crippen LogP contribution in [0.5, 0.6) is 0 Å². The van der Waals surface area contributed by atoms with Crippen molar-refractivity contribution in [2.45, 2.75) is 26.2 Å². The van der Waals surface area contributed by atoms with Crippen LogP contribution < -0.4 is 15.5 Å². The highest BCUT2D eigenvalue weighted by molar-refractivity contribution is 5.43. The van der Waals surface area contributed by atoms with E-state index in [1.54, 1.807) is 0 Å². The highest BCUT2D eigenvalue weighted by atomic mass is 16.3. The molecule has 7 heteroatoms. The molecule has 0 amide bonds. The fourth-order valence-electron chi connectivity index (χ4n) is 2.23. The Bertz CT molecular complexity index is 407. The summed E-state index contributed by atoms with van der Waals surface area (Å²) in [5, 5.41) is 8.93. The van der Waals surface area contributed by atoms with Crippen molar-refractivity contribution in [1.82, 2.24) is 15.0 Å². The average molecular weight is 266 g/mol. The summed E-state index contributed by atoms with van der Waals surface area (Å²) >= 11 is 0. The minimum Gasteiger partial charge on any atom is -0.396 e. The molecule has 1 aliphatic rings. The molecule has 1 aromatic rings. The molecule has 1 aliphatic heterocycles. The molecule has 1 saturated heterocycles. The smallest absolute Gasteiger partial charge is 0.231 e. The number of nitrogen functional groups attached to an aromatic ring is 1. The van der Waals surface area contributed by atoms with E-state index in [0.717, 1.165) is 26.2 Å². The number of hydrogen-bond donors (Lipinski definition) is 2. The van der Waals surface area contributed by atoms with Gasteiger partial charge >= 0.3 is 0 Å². The summed E-state index contributed by atoms with van der Waals surface area (Å²) in [6.07, 6.45) is 3.03. The largest absolute Gasteiger partial charge is 0.396 e. The quantitative estimate of drug-likeness (QED) is 0.763. The molecule has 1 aromatic heterocycles. The number of anilines is 3. The van der Waals surface area contributed by atoms with Crippen molar-refractivity contribution in [3.05, 3.63) is 0 Å². The van der Waals surface area contributed by atoms with Gasteiger partial charge in [-0.1, -0.05) is 0 Å². The number of nitrogens with zero attached hydrogens (tertiary/aromatic N) is 5. The summed E-state index contributed by atoms with van der Waals surface area (Å²) in [6.45, 7) is 5.65. The third kappa shape index (κ3) is 3.44. The Morgan fingerprint density at radius 1 is 1.26 bits per heavy atom. The third-order valence-corrected chi connectivity index (χ3v) is 3.27. The fourth-order valence-corrected chi connectivity index (χ4v) is 2.23. The van der Waals surface area contributed by atoms with Crippen molar-refractivity contribution < 1.29 is 5.11 Å². The number of hydrogen-bond acceptors (Lipinski definition) is 7. The third-order valence-electron chi connectivity index (χ3n) is 3.27. The first-order valence-corrected chi connectivity index (χ1v) is 6.87. The molecule has 19 heavy (non-hydrogen) atoms. The zero-order chi connectivity index (χ0) is 13.7. The number of aliphatic hydroxyl groups excluding tert-OH is 1. The molecule has 1 fully saturated rings. The topological polar surface area (TPSA) is 91.4 Å². The molecule has 3 N–H and O–H groups in total. The number of nitrogens with two attached hydrogens (primary N) is 1. The maximum Gasteiger partial charge on any atom is 0.231 e. The summed E-state index contributed by atoms with van der Waals surface area (Å²) in [7, 11) is 0. The highest BCUT2D eigenvalue weighted by Crippen LogP contribution is 2.19. The molecular formula is C12H22N6O. The monoisotopic (exact) mass is 266 g/mol. The van der Waals surface area contributed by atoms with Crippen LogP contribution in [-0.4, -0.2) is 52.8 Å². The lowest BCUT2D eigenvalue weighted by Crippen LogP contribution is -2.29. The Hall–Kier alpha value is -1.63. The molecule has 106 valence electrons. The van der Waals surface area contributed by atoms with Gasteiger partial charge in [0.2, 0.25) is 17.8 Å². The maximum absolute atomic E-state index is 8.93. The van der Waals surface area contributed by atoms with Crippen molar-refractivity contribution in [1.29, 1.82) is 0 Å². The van der Waals surface area contributed by atoms with Crippen LogP contribution in [0.25, 0.3) is 0 Å². The lowest BCUT2D eigenvalue weighted by atomic mass is 10.4. The fraction of sp³-hybridized carbons (Fsp3) is 0.750. The van der Waals surface area contributed by atoms with Gasteiger partial charge in [0.05, 0.1) is 0 Å². The summed E-state index contributed by atoms with van der Waals surface area (Å²) in [5.74, 6) is 1.53. The Balaban J connectivity index is 2.18. The molecular weight excluding hydrogens is 244 g/mol. The van der Waals surface area contributed by atoms with Gasteiger partial charge in [-0.15, -0.1) is 0 Å². The Kier molecular flexibility index (Phi) is 4.73. The first kappa shape index (κ1) is 13.8. The van der Waals surface area contributed by atoms with Crippen LogP contribution in [0.15, 0.2) is 0 Å². The molecule has 0 bridgehead atoms. The lowest BCUT2D eigenvalue weighted by molar-refractivity contribution is 0.289. The van der Waals surface area contributed by atoms with Crippen LogP contribution in [-0.2, 0) is 0 Å². The summed E-state index contributed by atoms with van der Waals surface area (Å²) in [6, 6.07) is 0. The number of rotatable bonds is 6. The molecule has 2 rings (SSSR count). The normalized spacial score (nSPS) is 14.9. The molecule has 0 atom stereocenters. The van der Waals surface area contributed by atoms with E-state index in [1.165, 1.54) is 12.8 Å². The molecule has 0 unspecified atom stereocenters. The van der Waals surface area contributed by atoms with Crippen LogP contribution >= 0.6 is 0 Å². The van der Waals surface area contributed by atoms with E-state index >= 15 is 0 Å². The second-order valence-corrected chi connectivity index (χ2v) is 4.64. The van der Waals surface area contributed by atoms with Crippen molar-refractivity contribution in [3.63, 3.8) is 0 Å². The van der Waals surface area contributed by atoms with Crippen LogP contribution in [0.3, 0.4) is 0 Å². The Morgan fingerprint density at radius 2 is 2.00 bits per heavy atom. The summed E-state index contributed by atoms with van der Waals surface area (Å²) in [5.41, 5.74) is 5.78. The van der Waals surface area contributed by atoms with Gasteiger partial charge in [-0.05, 0) is 26.2 Å². The van der Waals surface area contributed by atoms with Crippen LogP contribution in [0.2, 0.25) is 0 Å². The van der Waals surface area contributed by atoms with E-state index in [9.17, 15) is 0 Å². The molecule has 0 aromatic carbocycles. The van der Waals surface area contributed by atoms with Gasteiger partial charge in [0.1, 0.15) is 0 Å². The molecule has 7 nitrogen and oxygen atoms in total. The second-order valence-electron chi connectivity index (χ2n) is 4.64. The molecule has 0 aliphatic carbocycles. The predicted octanol–water partition coefficient (Wildman–Crippen LogP) is 0.263. The Morgan fingerprint density at radius 3 is 2.63 bits per heavy atom. The molecule has 0 spiro atoms. The molecule has 2 heterocycles. The zero-order valence-electron chi connectivity index (χ0n) is 11.4. The minimum absolute atomic E-state index is 0.163. The first-order chi connectivity index (χ1) is 9.24. The van der Waals surface area contributed by atoms with Crippen molar-refractivity contribution >= 4 is 17.8 Å². The van der Waals surface area contributed by atoms with E-state index in [0.29, 0.717) is 18.3 Å². The molecule has 0 saturated carbocycles. The standard InChI is InChI=1S/C12H22N6O/c1-2-17(8-5-9-19)11-14-10(13)15-12(16-11)18-6-3-4-7-18/h19H,2-9H2,1H3,(H2,13,14,15,16). The van der Waals surface area contributed by atoms with Crippen LogP contribution in [0, 0.1) is 0 Å². The predicted molar refractivity (Wildman–Crippen MR) is 75.3 cm³/mol. The van der Waals surface area contributed by atoms with Crippen molar-refractivity contribution in [2.75, 3.05) is 48.3 Å². The van der Waals surface area contributed by atoms with Crippen LogP contribution in [0.4, 0.5) is 17.8 Å². The number of aromatic nitrogens is 3. The van der Waals surface area contributed by atoms with Crippen LogP contribution in [0.1, 0.15) is 26.2 Å². The van der Waals surface area contributed by atoms with Gasteiger partial charge in [-0.2, -0.15) is 15.0 Å². The van der Waals surface area contributed by atoms with Gasteiger partial charge in [-0.3, -0.25) is 0 Å². The minimum atomic E-state index is 0.163. The lowest BCUT2D eigenvalue weighted by Gasteiger charge is -2.22. The maximum atomic E-state index is 8.93. The number of aliphatic hydroxyl groups is 1. The SMILES string of the molecule is CCN(CCCO)c1nc(N)nc(N2CCCC2)n1. The Labute approximate surface area is 113 Å². The van der Waals surface area contributed by atoms with E-state index in [1.807, 2.05) is 11.8 Å². The highest BCUT2D eigenvalue weighted by Gasteiger charge is 2.18. The molecule has 0 radical (unpaired) electrons. The zero-order valence-corrected chi connectivity index (χ0v) is 11.4. The van der Waals surface area contributed by atoms with E-state index in [-0.39, 0.29) is 12.6 Å². The average Bonchev–Trinajstić information content (AvgIpc) is 2.93. The van der Waals surface area contributed by atoms with E-state index in [2.05, 4.69) is 19.9 Å². The van der Waals surface area contributed by atoms with E-state index in [4.69, 9.17) is 10.8 Å².